The minimum absolute atomic E-state index is 0.113. The molecule has 1 fully saturated rings. The van der Waals surface area contributed by atoms with E-state index in [0.717, 1.165) is 35.4 Å². The monoisotopic (exact) mass is 328 g/mol. The van der Waals surface area contributed by atoms with Gasteiger partial charge in [-0.05, 0) is 43.9 Å². The Labute approximate surface area is 141 Å². The number of rotatable bonds is 6. The molecule has 1 aromatic carbocycles. The molecule has 128 valence electrons. The number of aliphatic hydroxyl groups excluding tert-OH is 1. The van der Waals surface area contributed by atoms with Crippen molar-refractivity contribution in [2.75, 3.05) is 6.61 Å². The third kappa shape index (κ3) is 3.85. The van der Waals surface area contributed by atoms with Crippen LogP contribution in [0, 0.1) is 13.8 Å². The van der Waals surface area contributed by atoms with Crippen molar-refractivity contribution in [2.24, 2.45) is 0 Å². The maximum atomic E-state index is 12.2. The Balaban J connectivity index is 1.59. The molecule has 0 bridgehead atoms. The van der Waals surface area contributed by atoms with Crippen LogP contribution in [0.2, 0.25) is 0 Å². The van der Waals surface area contributed by atoms with Gasteiger partial charge in [-0.2, -0.15) is 0 Å². The van der Waals surface area contributed by atoms with Crippen molar-refractivity contribution < 1.29 is 9.84 Å². The number of ether oxygens (including phenoxy) is 1. The van der Waals surface area contributed by atoms with Crippen LogP contribution >= 0.6 is 0 Å². The van der Waals surface area contributed by atoms with E-state index in [4.69, 9.17) is 4.74 Å². The van der Waals surface area contributed by atoms with Gasteiger partial charge in [0.1, 0.15) is 18.5 Å². The van der Waals surface area contributed by atoms with Gasteiger partial charge in [0.05, 0.1) is 18.6 Å². The van der Waals surface area contributed by atoms with Crippen LogP contribution in [0.5, 0.6) is 5.75 Å². The Morgan fingerprint density at radius 3 is 2.79 bits per heavy atom. The highest BCUT2D eigenvalue weighted by atomic mass is 16.5. The lowest BCUT2D eigenvalue weighted by atomic mass is 9.83. The second-order valence-electron chi connectivity index (χ2n) is 6.67. The molecular weight excluding hydrogens is 304 g/mol. The SMILES string of the molecule is Cc1ccc(C)c(OCC(O)Cn2cnc(C3CCC3)cc2=O)c1. The minimum atomic E-state index is -0.765. The molecule has 5 heteroatoms. The first kappa shape index (κ1) is 16.7. The number of hydrogen-bond donors (Lipinski definition) is 1. The van der Waals surface area contributed by atoms with Crippen molar-refractivity contribution in [3.05, 3.63) is 57.8 Å². The lowest BCUT2D eigenvalue weighted by molar-refractivity contribution is 0.0909. The smallest absolute Gasteiger partial charge is 0.253 e. The highest BCUT2D eigenvalue weighted by Crippen LogP contribution is 2.34. The molecule has 1 N–H and O–H groups in total. The van der Waals surface area contributed by atoms with Crippen molar-refractivity contribution in [3.63, 3.8) is 0 Å². The maximum absolute atomic E-state index is 12.2. The zero-order valence-electron chi connectivity index (χ0n) is 14.2. The molecule has 1 saturated carbocycles. The Hall–Kier alpha value is -2.14. The first-order chi connectivity index (χ1) is 11.5. The molecule has 1 aliphatic rings. The first-order valence-electron chi connectivity index (χ1n) is 8.47. The van der Waals surface area contributed by atoms with Gasteiger partial charge in [0, 0.05) is 12.0 Å². The van der Waals surface area contributed by atoms with Crippen LogP contribution in [-0.4, -0.2) is 27.4 Å². The number of benzene rings is 1. The molecule has 2 aromatic rings. The van der Waals surface area contributed by atoms with Crippen molar-refractivity contribution in [1.29, 1.82) is 0 Å². The summed E-state index contributed by atoms with van der Waals surface area (Å²) >= 11 is 0. The molecule has 0 spiro atoms. The van der Waals surface area contributed by atoms with E-state index in [-0.39, 0.29) is 18.7 Å². The number of aryl methyl sites for hydroxylation is 2. The Bertz CT molecular complexity index is 765. The van der Waals surface area contributed by atoms with Gasteiger partial charge in [0.15, 0.2) is 0 Å². The molecule has 24 heavy (non-hydrogen) atoms. The van der Waals surface area contributed by atoms with E-state index in [0.29, 0.717) is 5.92 Å². The van der Waals surface area contributed by atoms with Crippen LogP contribution in [0.25, 0.3) is 0 Å². The molecule has 1 unspecified atom stereocenters. The van der Waals surface area contributed by atoms with Gasteiger partial charge < -0.3 is 9.84 Å². The largest absolute Gasteiger partial charge is 0.491 e. The summed E-state index contributed by atoms with van der Waals surface area (Å²) in [5.74, 6) is 1.20. The average molecular weight is 328 g/mol. The summed E-state index contributed by atoms with van der Waals surface area (Å²) < 4.78 is 7.14. The van der Waals surface area contributed by atoms with Gasteiger partial charge in [-0.25, -0.2) is 4.98 Å². The molecule has 3 rings (SSSR count). The normalized spacial score (nSPS) is 15.8. The van der Waals surface area contributed by atoms with E-state index in [1.165, 1.54) is 17.3 Å². The van der Waals surface area contributed by atoms with Crippen molar-refractivity contribution in [3.8, 4) is 5.75 Å². The molecule has 0 aliphatic heterocycles. The summed E-state index contributed by atoms with van der Waals surface area (Å²) in [6.45, 7) is 4.29. The van der Waals surface area contributed by atoms with Crippen LogP contribution in [0.15, 0.2) is 35.4 Å². The van der Waals surface area contributed by atoms with Crippen LogP contribution in [0.4, 0.5) is 0 Å². The van der Waals surface area contributed by atoms with E-state index in [2.05, 4.69) is 4.98 Å². The number of aromatic nitrogens is 2. The molecule has 0 saturated heterocycles. The minimum Gasteiger partial charge on any atom is -0.491 e. The molecule has 0 radical (unpaired) electrons. The van der Waals surface area contributed by atoms with Crippen molar-refractivity contribution in [1.82, 2.24) is 9.55 Å². The standard InChI is InChI=1S/C19H24N2O3/c1-13-6-7-14(2)18(8-13)24-11-16(22)10-21-12-20-17(9-19(21)23)15-4-3-5-15/h6-9,12,15-16,22H,3-5,10-11H2,1-2H3. The predicted molar refractivity (Wildman–Crippen MR) is 92.5 cm³/mol. The molecular formula is C19H24N2O3. The highest BCUT2D eigenvalue weighted by molar-refractivity contribution is 5.35. The zero-order valence-corrected chi connectivity index (χ0v) is 14.2. The topological polar surface area (TPSA) is 64.3 Å². The third-order valence-electron chi connectivity index (χ3n) is 4.61. The Morgan fingerprint density at radius 1 is 1.33 bits per heavy atom. The van der Waals surface area contributed by atoms with Gasteiger partial charge in [0.2, 0.25) is 0 Å². The van der Waals surface area contributed by atoms with E-state index < -0.39 is 6.10 Å². The summed E-state index contributed by atoms with van der Waals surface area (Å²) in [6.07, 6.45) is 4.21. The van der Waals surface area contributed by atoms with Gasteiger partial charge in [0.25, 0.3) is 5.56 Å². The fourth-order valence-electron chi connectivity index (χ4n) is 2.83. The molecule has 0 amide bonds. The lowest BCUT2D eigenvalue weighted by Crippen LogP contribution is -2.31. The van der Waals surface area contributed by atoms with E-state index in [9.17, 15) is 9.90 Å². The Morgan fingerprint density at radius 2 is 2.12 bits per heavy atom. The highest BCUT2D eigenvalue weighted by Gasteiger charge is 2.21. The summed E-state index contributed by atoms with van der Waals surface area (Å²) in [4.78, 5) is 16.5. The van der Waals surface area contributed by atoms with E-state index >= 15 is 0 Å². The number of nitrogens with zero attached hydrogens (tertiary/aromatic N) is 2. The Kier molecular flexibility index (Phi) is 5.00. The molecule has 1 aromatic heterocycles. The second-order valence-corrected chi connectivity index (χ2v) is 6.67. The van der Waals surface area contributed by atoms with Crippen LogP contribution in [0.1, 0.15) is 42.0 Å². The van der Waals surface area contributed by atoms with Gasteiger partial charge in [-0.15, -0.1) is 0 Å². The van der Waals surface area contributed by atoms with E-state index in [1.54, 1.807) is 6.07 Å². The van der Waals surface area contributed by atoms with Gasteiger partial charge >= 0.3 is 0 Å². The van der Waals surface area contributed by atoms with E-state index in [1.807, 2.05) is 32.0 Å². The van der Waals surface area contributed by atoms with Gasteiger partial charge in [-0.3, -0.25) is 9.36 Å². The second kappa shape index (κ2) is 7.18. The van der Waals surface area contributed by atoms with Crippen LogP contribution in [-0.2, 0) is 6.54 Å². The number of aliphatic hydroxyl groups is 1. The van der Waals surface area contributed by atoms with Crippen LogP contribution < -0.4 is 10.3 Å². The average Bonchev–Trinajstić information content (AvgIpc) is 2.49. The quantitative estimate of drug-likeness (QED) is 0.885. The summed E-state index contributed by atoms with van der Waals surface area (Å²) in [7, 11) is 0. The fraction of sp³-hybridized carbons (Fsp3) is 0.474. The zero-order chi connectivity index (χ0) is 17.1. The third-order valence-corrected chi connectivity index (χ3v) is 4.61. The van der Waals surface area contributed by atoms with Crippen molar-refractivity contribution in [2.45, 2.75) is 51.7 Å². The van der Waals surface area contributed by atoms with Crippen molar-refractivity contribution >= 4 is 0 Å². The lowest BCUT2D eigenvalue weighted by Gasteiger charge is -2.24. The predicted octanol–water partition coefficient (Wildman–Crippen LogP) is 2.57. The first-order valence-corrected chi connectivity index (χ1v) is 8.47. The van der Waals surface area contributed by atoms with Gasteiger partial charge in [-0.1, -0.05) is 18.6 Å². The van der Waals surface area contributed by atoms with Crippen LogP contribution in [0.3, 0.4) is 0 Å². The molecule has 1 heterocycles. The summed E-state index contributed by atoms with van der Waals surface area (Å²) in [5.41, 5.74) is 2.90. The molecule has 1 atom stereocenters. The maximum Gasteiger partial charge on any atom is 0.253 e. The molecule has 5 nitrogen and oxygen atoms in total. The number of hydrogen-bond acceptors (Lipinski definition) is 4. The summed E-state index contributed by atoms with van der Waals surface area (Å²) in [5, 5.41) is 10.2. The fourth-order valence-corrected chi connectivity index (χ4v) is 2.83. The molecule has 1 aliphatic carbocycles. The summed E-state index contributed by atoms with van der Waals surface area (Å²) in [6, 6.07) is 7.56.